The molecule has 0 bridgehead atoms. The van der Waals surface area contributed by atoms with Crippen LogP contribution in [-0.2, 0) is 4.94 Å². The largest absolute Gasteiger partial charge is 0.597 e. The van der Waals surface area contributed by atoms with Crippen molar-refractivity contribution in [3.8, 4) is 0 Å². The summed E-state index contributed by atoms with van der Waals surface area (Å²) in [6, 6.07) is 0. The van der Waals surface area contributed by atoms with Crippen LogP contribution in [0.5, 0.6) is 0 Å². The summed E-state index contributed by atoms with van der Waals surface area (Å²) in [4.78, 5) is 8.85. The highest BCUT2D eigenvalue weighted by atomic mass is 17.0. The fourth-order valence-corrected chi connectivity index (χ4v) is 1.67. The van der Waals surface area contributed by atoms with Crippen LogP contribution in [0.25, 0.3) is 0 Å². The molecule has 90 valence electrons. The maximum atomic E-state index is 11.9. The number of aliphatic imine (C=N–C) groups is 1. The first kappa shape index (κ1) is 14.5. The van der Waals surface area contributed by atoms with Crippen molar-refractivity contribution in [2.45, 2.75) is 39.8 Å². The van der Waals surface area contributed by atoms with E-state index >= 15 is 0 Å². The van der Waals surface area contributed by atoms with Crippen LogP contribution in [0.3, 0.4) is 0 Å². The van der Waals surface area contributed by atoms with Crippen molar-refractivity contribution in [1.82, 2.24) is 5.48 Å². The molecule has 0 aliphatic heterocycles. The number of hydrogen-bond donors (Lipinski definition) is 2. The summed E-state index contributed by atoms with van der Waals surface area (Å²) >= 11 is 0. The van der Waals surface area contributed by atoms with Gasteiger partial charge in [0.1, 0.15) is 0 Å². The van der Waals surface area contributed by atoms with Gasteiger partial charge in [-0.2, -0.15) is 10.7 Å². The van der Waals surface area contributed by atoms with E-state index in [1.807, 2.05) is 13.8 Å². The summed E-state index contributed by atoms with van der Waals surface area (Å²) in [5.74, 6) is 0.431. The topological polar surface area (TPSA) is 61.1 Å². The number of hydroxylamine groups is 3. The van der Waals surface area contributed by atoms with Crippen molar-refractivity contribution >= 4 is 6.72 Å². The van der Waals surface area contributed by atoms with E-state index in [2.05, 4.69) is 31.0 Å². The Morgan fingerprint density at radius 3 is 2.27 bits per heavy atom. The van der Waals surface area contributed by atoms with Gasteiger partial charge in [0.2, 0.25) is 5.66 Å². The molecule has 15 heavy (non-hydrogen) atoms. The molecule has 5 heteroatoms. The molecular weight excluding hydrogens is 194 g/mol. The highest BCUT2D eigenvalue weighted by Gasteiger charge is 2.41. The van der Waals surface area contributed by atoms with Gasteiger partial charge in [0.05, 0.1) is 0 Å². The molecule has 0 aliphatic carbocycles. The second-order valence-corrected chi connectivity index (χ2v) is 4.43. The van der Waals surface area contributed by atoms with Crippen LogP contribution in [0.1, 0.15) is 34.1 Å². The van der Waals surface area contributed by atoms with E-state index in [4.69, 9.17) is 4.94 Å². The minimum absolute atomic E-state index is 0.0678. The number of rotatable bonds is 7. The third kappa shape index (κ3) is 3.53. The van der Waals surface area contributed by atoms with Gasteiger partial charge in [-0.3, -0.25) is 0 Å². The number of quaternary nitrogens is 1. The first-order valence-electron chi connectivity index (χ1n) is 5.26. The van der Waals surface area contributed by atoms with Crippen LogP contribution in [0.4, 0.5) is 0 Å². The summed E-state index contributed by atoms with van der Waals surface area (Å²) in [7, 11) is 1.56. The first-order chi connectivity index (χ1) is 6.90. The molecular formula is C10H23N3O2. The Hall–Kier alpha value is -0.490. The third-order valence-corrected chi connectivity index (χ3v) is 2.50. The molecule has 0 aromatic rings. The second-order valence-electron chi connectivity index (χ2n) is 4.43. The lowest BCUT2D eigenvalue weighted by Gasteiger charge is -2.40. The van der Waals surface area contributed by atoms with Crippen molar-refractivity contribution in [3.63, 3.8) is 0 Å². The molecule has 5 nitrogen and oxygen atoms in total. The summed E-state index contributed by atoms with van der Waals surface area (Å²) in [5.41, 5.74) is 1.56. The molecule has 0 saturated heterocycles. The molecule has 2 atom stereocenters. The fourth-order valence-electron chi connectivity index (χ4n) is 1.67. The zero-order valence-electron chi connectivity index (χ0n) is 10.3. The highest BCUT2D eigenvalue weighted by Crippen LogP contribution is 2.23. The molecule has 0 spiro atoms. The van der Waals surface area contributed by atoms with E-state index < -0.39 is 5.66 Å². The Labute approximate surface area is 92.0 Å². The first-order valence-corrected chi connectivity index (χ1v) is 5.26. The van der Waals surface area contributed by atoms with Gasteiger partial charge in [-0.05, 0) is 12.6 Å². The van der Waals surface area contributed by atoms with E-state index in [1.165, 1.54) is 0 Å². The van der Waals surface area contributed by atoms with Gasteiger partial charge in [-0.15, -0.1) is 4.94 Å². The quantitative estimate of drug-likeness (QED) is 0.483. The van der Waals surface area contributed by atoms with Crippen LogP contribution >= 0.6 is 0 Å². The van der Waals surface area contributed by atoms with E-state index in [0.717, 1.165) is 0 Å². The van der Waals surface area contributed by atoms with Crippen LogP contribution < -0.4 is 10.7 Å². The maximum absolute atomic E-state index is 11.9. The van der Waals surface area contributed by atoms with E-state index in [9.17, 15) is 5.21 Å². The lowest BCUT2D eigenvalue weighted by molar-refractivity contribution is -1.10. The van der Waals surface area contributed by atoms with E-state index in [-0.39, 0.29) is 11.1 Å². The fraction of sp³-hybridized carbons (Fsp3) is 0.900. The molecule has 0 aromatic carbocycles. The van der Waals surface area contributed by atoms with Gasteiger partial charge in [0, 0.05) is 19.4 Å². The number of hydrogen-bond acceptors (Lipinski definition) is 4. The Morgan fingerprint density at radius 1 is 1.47 bits per heavy atom. The lowest BCUT2D eigenvalue weighted by atomic mass is 9.88. The molecule has 0 heterocycles. The summed E-state index contributed by atoms with van der Waals surface area (Å²) in [6.07, 6.45) is 0.648. The van der Waals surface area contributed by atoms with Crippen molar-refractivity contribution in [1.29, 1.82) is 0 Å². The average molecular weight is 217 g/mol. The summed E-state index contributed by atoms with van der Waals surface area (Å²) in [6.45, 7) is 11.5. The Balaban J connectivity index is 4.87. The van der Waals surface area contributed by atoms with Gasteiger partial charge in [0.15, 0.2) is 0 Å². The minimum atomic E-state index is -0.836. The van der Waals surface area contributed by atoms with Gasteiger partial charge < -0.3 is 5.21 Å². The third-order valence-electron chi connectivity index (χ3n) is 2.50. The number of nitrogens with zero attached hydrogens (tertiary/aromatic N) is 1. The van der Waals surface area contributed by atoms with Crippen LogP contribution in [0.15, 0.2) is 4.99 Å². The van der Waals surface area contributed by atoms with Crippen LogP contribution in [0, 0.1) is 17.0 Å². The van der Waals surface area contributed by atoms with Crippen LogP contribution in [-0.4, -0.2) is 19.4 Å². The molecule has 0 radical (unpaired) electrons. The number of nitrogens with one attached hydrogen (secondary N) is 2. The summed E-state index contributed by atoms with van der Waals surface area (Å²) in [5, 5.41) is 11.5. The average Bonchev–Trinajstić information content (AvgIpc) is 2.13. The summed E-state index contributed by atoms with van der Waals surface area (Å²) < 4.78 is 0. The minimum Gasteiger partial charge on any atom is -0.597 e. The zero-order chi connectivity index (χ0) is 12.1. The van der Waals surface area contributed by atoms with Crippen molar-refractivity contribution in [2.75, 3.05) is 7.05 Å². The standard InChI is InChI=1S/C10H23N3O2/c1-8(2)7-10(11-5,9(3)4)13(14)15-12-6/h8-9,12-13H,5,7H2,1-4,6H3. The predicted molar refractivity (Wildman–Crippen MR) is 61.0 cm³/mol. The Kier molecular flexibility index (Phi) is 5.97. The molecule has 0 rings (SSSR count). The van der Waals surface area contributed by atoms with Crippen LogP contribution in [0.2, 0.25) is 0 Å². The lowest BCUT2D eigenvalue weighted by Crippen LogP contribution is -3.17. The molecule has 0 saturated carbocycles. The SMILES string of the molecule is C=NC(CC(C)C)(C(C)C)[NH+]([O-])ONC. The molecule has 2 N–H and O–H groups in total. The van der Waals surface area contributed by atoms with Gasteiger partial charge in [-0.25, -0.2) is 4.99 Å². The van der Waals surface area contributed by atoms with Gasteiger partial charge in [-0.1, -0.05) is 27.7 Å². The Bertz CT molecular complexity index is 197. The molecule has 0 amide bonds. The molecule has 0 fully saturated rings. The smallest absolute Gasteiger partial charge is 0.223 e. The highest BCUT2D eigenvalue weighted by molar-refractivity contribution is 5.25. The van der Waals surface area contributed by atoms with Crippen molar-refractivity contribution in [3.05, 3.63) is 5.21 Å². The van der Waals surface area contributed by atoms with Gasteiger partial charge in [0.25, 0.3) is 0 Å². The molecule has 2 unspecified atom stereocenters. The molecule has 0 aromatic heterocycles. The zero-order valence-corrected chi connectivity index (χ0v) is 10.3. The van der Waals surface area contributed by atoms with E-state index in [0.29, 0.717) is 12.3 Å². The monoisotopic (exact) mass is 217 g/mol. The maximum Gasteiger partial charge on any atom is 0.223 e. The second kappa shape index (κ2) is 6.17. The van der Waals surface area contributed by atoms with E-state index in [1.54, 1.807) is 7.05 Å². The predicted octanol–water partition coefficient (Wildman–Crippen LogP) is 0.534. The normalized spacial score (nSPS) is 17.9. The van der Waals surface area contributed by atoms with Gasteiger partial charge >= 0.3 is 0 Å². The van der Waals surface area contributed by atoms with Crippen molar-refractivity contribution < 1.29 is 10.2 Å². The van der Waals surface area contributed by atoms with Crippen molar-refractivity contribution in [2.24, 2.45) is 16.8 Å². The Morgan fingerprint density at radius 2 is 2.00 bits per heavy atom. The molecule has 0 aliphatic rings.